The normalized spacial score (nSPS) is 18.5. The van der Waals surface area contributed by atoms with Crippen molar-refractivity contribution in [1.29, 1.82) is 0 Å². The van der Waals surface area contributed by atoms with Crippen LogP contribution in [-0.2, 0) is 14.5 Å². The molecule has 0 saturated heterocycles. The molecule has 3 rings (SSSR count). The summed E-state index contributed by atoms with van der Waals surface area (Å²) in [5.41, 5.74) is 1.51. The summed E-state index contributed by atoms with van der Waals surface area (Å²) in [5, 5.41) is 1.60. The third-order valence-electron chi connectivity index (χ3n) is 7.18. The lowest BCUT2D eigenvalue weighted by Crippen LogP contribution is -2.33. The Balaban J connectivity index is 2.45. The molecule has 0 saturated carbocycles. The number of hydrogen-bond acceptors (Lipinski definition) is 3. The van der Waals surface area contributed by atoms with Crippen LogP contribution in [0.2, 0.25) is 0 Å². The number of rotatable bonds is 4. The van der Waals surface area contributed by atoms with Gasteiger partial charge in [0.2, 0.25) is 0 Å². The Morgan fingerprint density at radius 2 is 1.06 bits per heavy atom. The molecule has 1 heterocycles. The minimum atomic E-state index is -3.07. The summed E-state index contributed by atoms with van der Waals surface area (Å²) in [4.78, 5) is 0. The van der Waals surface area contributed by atoms with Crippen molar-refractivity contribution < 1.29 is 13.9 Å². The van der Waals surface area contributed by atoms with Crippen LogP contribution in [-0.4, -0.2) is 10.3 Å². The molecule has 1 aliphatic rings. The molecule has 0 aliphatic carbocycles. The van der Waals surface area contributed by atoms with Gasteiger partial charge in [-0.2, -0.15) is 0 Å². The molecule has 1 aliphatic heterocycles. The summed E-state index contributed by atoms with van der Waals surface area (Å²) >= 11 is 0. The molecule has 0 radical (unpaired) electrons. The standard InChI is InChI=1S/C29H40O3P2/c1-19(2)33(30,27(5,6)7)23-17-13-15-21-25(23)32-26-22(29(21,11)12)16-14-18-24(26)34(31,20(3)4)28(8,9)10/h13-18H,1,3H2,2,4-12H3. The fourth-order valence-electron chi connectivity index (χ4n) is 5.27. The summed E-state index contributed by atoms with van der Waals surface area (Å²) in [7, 11) is -6.14. The van der Waals surface area contributed by atoms with E-state index in [-0.39, 0.29) is 0 Å². The average Bonchev–Trinajstić information content (AvgIpc) is 2.70. The van der Waals surface area contributed by atoms with Gasteiger partial charge in [-0.05, 0) is 36.6 Å². The van der Waals surface area contributed by atoms with Crippen LogP contribution in [0.5, 0.6) is 11.5 Å². The molecule has 2 atom stereocenters. The second-order valence-electron chi connectivity index (χ2n) is 12.1. The Hall–Kier alpha value is -1.82. The highest BCUT2D eigenvalue weighted by Gasteiger charge is 2.47. The highest BCUT2D eigenvalue weighted by molar-refractivity contribution is 7.77. The van der Waals surface area contributed by atoms with E-state index in [0.717, 1.165) is 11.1 Å². The van der Waals surface area contributed by atoms with Crippen LogP contribution in [0.15, 0.2) is 60.2 Å². The van der Waals surface area contributed by atoms with Crippen molar-refractivity contribution in [2.45, 2.75) is 85.0 Å². The van der Waals surface area contributed by atoms with E-state index in [4.69, 9.17) is 4.74 Å². The Bertz CT molecular complexity index is 1190. The molecule has 0 aromatic heterocycles. The maximum Gasteiger partial charge on any atom is 0.147 e. The summed E-state index contributed by atoms with van der Waals surface area (Å²) in [6.45, 7) is 28.2. The van der Waals surface area contributed by atoms with Crippen molar-refractivity contribution in [1.82, 2.24) is 0 Å². The van der Waals surface area contributed by atoms with Crippen molar-refractivity contribution in [2.24, 2.45) is 0 Å². The molecular formula is C29H40O3P2. The van der Waals surface area contributed by atoms with Crippen LogP contribution < -0.4 is 15.3 Å². The molecule has 2 aromatic rings. The van der Waals surface area contributed by atoms with Gasteiger partial charge < -0.3 is 13.9 Å². The monoisotopic (exact) mass is 498 g/mol. The van der Waals surface area contributed by atoms with Crippen LogP contribution in [0.3, 0.4) is 0 Å². The lowest BCUT2D eigenvalue weighted by molar-refractivity contribution is 0.423. The van der Waals surface area contributed by atoms with Gasteiger partial charge in [0.05, 0.1) is 10.6 Å². The highest BCUT2D eigenvalue weighted by atomic mass is 31.2. The van der Waals surface area contributed by atoms with E-state index in [1.807, 2.05) is 91.8 Å². The molecule has 34 heavy (non-hydrogen) atoms. The summed E-state index contributed by atoms with van der Waals surface area (Å²) < 4.78 is 36.0. The zero-order valence-electron chi connectivity index (χ0n) is 22.5. The Morgan fingerprint density at radius 1 is 0.735 bits per heavy atom. The van der Waals surface area contributed by atoms with E-state index in [1.165, 1.54) is 0 Å². The molecule has 2 aromatic carbocycles. The largest absolute Gasteiger partial charge is 0.455 e. The van der Waals surface area contributed by atoms with Crippen molar-refractivity contribution in [3.63, 3.8) is 0 Å². The van der Waals surface area contributed by atoms with Gasteiger partial charge in [0.1, 0.15) is 25.8 Å². The molecule has 0 amide bonds. The topological polar surface area (TPSA) is 43.4 Å². The summed E-state index contributed by atoms with van der Waals surface area (Å²) in [5.74, 6) is 1.21. The van der Waals surface area contributed by atoms with Gasteiger partial charge in [0.25, 0.3) is 0 Å². The first-order valence-corrected chi connectivity index (χ1v) is 15.2. The van der Waals surface area contributed by atoms with Crippen LogP contribution >= 0.6 is 14.3 Å². The number of para-hydroxylation sites is 2. The second-order valence-corrected chi connectivity index (χ2v) is 19.7. The van der Waals surface area contributed by atoms with E-state index in [0.29, 0.717) is 32.7 Å². The molecule has 184 valence electrons. The maximum absolute atomic E-state index is 14.6. The zero-order chi connectivity index (χ0) is 26.1. The predicted molar refractivity (Wildman–Crippen MR) is 149 cm³/mol. The van der Waals surface area contributed by atoms with Crippen LogP contribution in [0.25, 0.3) is 0 Å². The maximum atomic E-state index is 14.6. The fraction of sp³-hybridized carbons (Fsp3) is 0.448. The molecule has 0 spiro atoms. The van der Waals surface area contributed by atoms with Crippen molar-refractivity contribution >= 4 is 24.9 Å². The summed E-state index contributed by atoms with van der Waals surface area (Å²) in [6, 6.07) is 11.8. The number of allylic oxidation sites excluding steroid dienone is 2. The first-order valence-electron chi connectivity index (χ1n) is 11.8. The molecular weight excluding hydrogens is 458 g/mol. The van der Waals surface area contributed by atoms with Gasteiger partial charge >= 0.3 is 0 Å². The second kappa shape index (κ2) is 8.11. The average molecular weight is 499 g/mol. The smallest absolute Gasteiger partial charge is 0.147 e. The van der Waals surface area contributed by atoms with Crippen molar-refractivity contribution in [3.8, 4) is 11.5 Å². The van der Waals surface area contributed by atoms with Crippen molar-refractivity contribution in [2.75, 3.05) is 0 Å². The Labute approximate surface area is 206 Å². The van der Waals surface area contributed by atoms with Crippen LogP contribution in [0.1, 0.15) is 80.4 Å². The Morgan fingerprint density at radius 3 is 1.32 bits per heavy atom. The minimum absolute atomic E-state index is 0.440. The molecule has 0 N–H and O–H groups in total. The molecule has 5 heteroatoms. The van der Waals surface area contributed by atoms with Gasteiger partial charge in [-0.15, -0.1) is 0 Å². The predicted octanol–water partition coefficient (Wildman–Crippen LogP) is 8.76. The number of fused-ring (bicyclic) bond motifs is 2. The summed E-state index contributed by atoms with van der Waals surface area (Å²) in [6.07, 6.45) is 0. The Kier molecular flexibility index (Phi) is 6.39. The van der Waals surface area contributed by atoms with E-state index in [9.17, 15) is 9.13 Å². The van der Waals surface area contributed by atoms with Crippen LogP contribution in [0, 0.1) is 0 Å². The lowest BCUT2D eigenvalue weighted by Gasteiger charge is -2.41. The number of benzene rings is 2. The van der Waals surface area contributed by atoms with E-state index in [1.54, 1.807) is 0 Å². The zero-order valence-corrected chi connectivity index (χ0v) is 24.3. The minimum Gasteiger partial charge on any atom is -0.455 e. The molecule has 3 nitrogen and oxygen atoms in total. The van der Waals surface area contributed by atoms with Gasteiger partial charge in [-0.3, -0.25) is 0 Å². The molecule has 0 fully saturated rings. The van der Waals surface area contributed by atoms with Crippen molar-refractivity contribution in [3.05, 3.63) is 71.3 Å². The van der Waals surface area contributed by atoms with E-state index < -0.39 is 30.0 Å². The van der Waals surface area contributed by atoms with Crippen LogP contribution in [0.4, 0.5) is 0 Å². The molecule has 0 bridgehead atoms. The third kappa shape index (κ3) is 3.63. The SMILES string of the molecule is C=C(C)P(=O)(c1cccc2c1Oc1c(cccc1P(=O)(C(=C)C)C(C)(C)C)C2(C)C)C(C)(C)C. The quantitative estimate of drug-likeness (QED) is 0.396. The van der Waals surface area contributed by atoms with Gasteiger partial charge in [0, 0.05) is 26.9 Å². The van der Waals surface area contributed by atoms with Gasteiger partial charge in [-0.1, -0.05) is 92.8 Å². The third-order valence-corrected chi connectivity index (χ3v) is 15.2. The molecule has 2 unspecified atom stereocenters. The van der Waals surface area contributed by atoms with E-state index >= 15 is 0 Å². The van der Waals surface area contributed by atoms with E-state index in [2.05, 4.69) is 27.0 Å². The highest BCUT2D eigenvalue weighted by Crippen LogP contribution is 2.67. The fourth-order valence-corrected chi connectivity index (χ4v) is 11.3. The first-order chi connectivity index (χ1) is 15.3. The first kappa shape index (κ1) is 26.8. The number of ether oxygens (including phenoxy) is 1. The van der Waals surface area contributed by atoms with Gasteiger partial charge in [-0.25, -0.2) is 0 Å². The lowest BCUT2D eigenvalue weighted by atomic mass is 9.76. The number of hydrogen-bond donors (Lipinski definition) is 0. The van der Waals surface area contributed by atoms with Gasteiger partial charge in [0.15, 0.2) is 0 Å².